The van der Waals surface area contributed by atoms with Gasteiger partial charge in [0.05, 0.1) is 15.3 Å². The molecule has 0 saturated carbocycles. The topological polar surface area (TPSA) is 54.4 Å². The van der Waals surface area contributed by atoms with Crippen molar-refractivity contribution in [3.8, 4) is 0 Å². The molecule has 0 aliphatic carbocycles. The molecule has 1 heterocycles. The predicted octanol–water partition coefficient (Wildman–Crippen LogP) is 3.09. The van der Waals surface area contributed by atoms with Gasteiger partial charge in [0.1, 0.15) is 0 Å². The lowest BCUT2D eigenvalue weighted by Crippen LogP contribution is -2.26. The van der Waals surface area contributed by atoms with E-state index in [1.54, 1.807) is 11.4 Å². The molecule has 0 spiro atoms. The van der Waals surface area contributed by atoms with Crippen LogP contribution in [0.25, 0.3) is 0 Å². The number of Topliss-reactive ketones (excluding diaryl/α,β-unsaturated/α-hetero) is 1. The second kappa shape index (κ2) is 4.33. The molecule has 1 N–H and O–H groups in total. The zero-order chi connectivity index (χ0) is 11.6. The Morgan fingerprint density at radius 3 is 2.53 bits per heavy atom. The van der Waals surface area contributed by atoms with Crippen molar-refractivity contribution in [1.82, 2.24) is 0 Å². The summed E-state index contributed by atoms with van der Waals surface area (Å²) in [7, 11) is 0. The van der Waals surface area contributed by atoms with E-state index in [9.17, 15) is 9.59 Å². The summed E-state index contributed by atoms with van der Waals surface area (Å²) < 4.78 is 0. The van der Waals surface area contributed by atoms with E-state index in [4.69, 9.17) is 16.7 Å². The highest BCUT2D eigenvalue weighted by atomic mass is 35.5. The Balaban J connectivity index is 2.81. The third-order valence-electron chi connectivity index (χ3n) is 2.05. The molecule has 0 aromatic carbocycles. The molecular weight excluding hydrogens is 236 g/mol. The molecule has 1 aromatic rings. The van der Waals surface area contributed by atoms with Gasteiger partial charge in [0.25, 0.3) is 0 Å². The number of thiophene rings is 1. The number of ketones is 1. The molecule has 82 valence electrons. The Bertz CT molecular complexity index is 395. The smallest absolute Gasteiger partial charge is 0.309 e. The zero-order valence-electron chi connectivity index (χ0n) is 8.41. The number of aliphatic carboxylic acids is 1. The lowest BCUT2D eigenvalue weighted by molar-refractivity contribution is -0.146. The number of rotatable bonds is 4. The molecule has 15 heavy (non-hydrogen) atoms. The maximum absolute atomic E-state index is 11.7. The van der Waals surface area contributed by atoms with E-state index in [0.29, 0.717) is 9.90 Å². The maximum Gasteiger partial charge on any atom is 0.309 e. The van der Waals surface area contributed by atoms with Crippen molar-refractivity contribution in [1.29, 1.82) is 0 Å². The van der Waals surface area contributed by atoms with E-state index in [0.717, 1.165) is 0 Å². The van der Waals surface area contributed by atoms with E-state index >= 15 is 0 Å². The van der Waals surface area contributed by atoms with Crippen LogP contribution in [0.4, 0.5) is 0 Å². The minimum atomic E-state index is -1.05. The van der Waals surface area contributed by atoms with Gasteiger partial charge >= 0.3 is 5.97 Å². The molecule has 0 aliphatic rings. The van der Waals surface area contributed by atoms with Crippen LogP contribution in [0.1, 0.15) is 29.9 Å². The van der Waals surface area contributed by atoms with Gasteiger partial charge in [-0.3, -0.25) is 9.59 Å². The van der Waals surface area contributed by atoms with Crippen molar-refractivity contribution in [2.75, 3.05) is 0 Å². The predicted molar refractivity (Wildman–Crippen MR) is 59.7 cm³/mol. The Morgan fingerprint density at radius 1 is 1.53 bits per heavy atom. The van der Waals surface area contributed by atoms with Crippen LogP contribution in [-0.2, 0) is 4.79 Å². The second-order valence-electron chi connectivity index (χ2n) is 3.89. The number of carbonyl (C=O) groups excluding carboxylic acids is 1. The summed E-state index contributed by atoms with van der Waals surface area (Å²) in [5, 5.41) is 11.0. The summed E-state index contributed by atoms with van der Waals surface area (Å²) in [6, 6.07) is 1.63. The van der Waals surface area contributed by atoms with E-state index < -0.39 is 11.4 Å². The normalized spacial score (nSPS) is 11.4. The largest absolute Gasteiger partial charge is 0.481 e. The minimum Gasteiger partial charge on any atom is -0.481 e. The number of halogens is 1. The van der Waals surface area contributed by atoms with Crippen molar-refractivity contribution >= 4 is 34.7 Å². The Labute approximate surface area is 96.7 Å². The highest BCUT2D eigenvalue weighted by molar-refractivity contribution is 7.12. The standard InChI is InChI=1S/C10H11ClO3S/c1-10(2,9(13)14)5-7(12)8-6(11)3-4-15-8/h3-4H,5H2,1-2H3,(H,13,14). The van der Waals surface area contributed by atoms with Gasteiger partial charge < -0.3 is 5.11 Å². The van der Waals surface area contributed by atoms with Crippen LogP contribution in [0.15, 0.2) is 11.4 Å². The molecule has 0 radical (unpaired) electrons. The van der Waals surface area contributed by atoms with Gasteiger partial charge in [-0.15, -0.1) is 11.3 Å². The molecule has 0 bridgehead atoms. The molecule has 0 unspecified atom stereocenters. The van der Waals surface area contributed by atoms with Gasteiger partial charge in [-0.1, -0.05) is 11.6 Å². The molecule has 0 saturated heterocycles. The van der Waals surface area contributed by atoms with Gasteiger partial charge in [-0.05, 0) is 25.3 Å². The Morgan fingerprint density at radius 2 is 2.13 bits per heavy atom. The van der Waals surface area contributed by atoms with Crippen molar-refractivity contribution < 1.29 is 14.7 Å². The molecule has 1 rings (SSSR count). The van der Waals surface area contributed by atoms with Gasteiger partial charge in [0, 0.05) is 6.42 Å². The van der Waals surface area contributed by atoms with E-state index in [1.165, 1.54) is 25.2 Å². The van der Waals surface area contributed by atoms with Crippen molar-refractivity contribution in [3.05, 3.63) is 21.3 Å². The number of carbonyl (C=O) groups is 2. The van der Waals surface area contributed by atoms with Crippen molar-refractivity contribution in [2.24, 2.45) is 5.41 Å². The number of carboxylic acid groups (broad SMARTS) is 1. The molecule has 5 heteroatoms. The fourth-order valence-electron chi connectivity index (χ4n) is 1.05. The quantitative estimate of drug-likeness (QED) is 0.831. The van der Waals surface area contributed by atoms with Gasteiger partial charge in [-0.25, -0.2) is 0 Å². The van der Waals surface area contributed by atoms with Gasteiger partial charge in [-0.2, -0.15) is 0 Å². The fraction of sp³-hybridized carbons (Fsp3) is 0.400. The van der Waals surface area contributed by atoms with Crippen molar-refractivity contribution in [3.63, 3.8) is 0 Å². The third kappa shape index (κ3) is 2.79. The van der Waals surface area contributed by atoms with Crippen LogP contribution < -0.4 is 0 Å². The summed E-state index contributed by atoms with van der Waals surface area (Å²) in [6.45, 7) is 3.05. The average Bonchev–Trinajstić information content (AvgIpc) is 2.50. The SMILES string of the molecule is CC(C)(CC(=O)c1sccc1Cl)C(=O)O. The Hall–Kier alpha value is -0.870. The molecular formula is C10H11ClO3S. The van der Waals surface area contributed by atoms with Gasteiger partial charge in [0.15, 0.2) is 5.78 Å². The number of hydrogen-bond acceptors (Lipinski definition) is 3. The molecule has 3 nitrogen and oxygen atoms in total. The summed E-state index contributed by atoms with van der Waals surface area (Å²) in [5.41, 5.74) is -1.05. The zero-order valence-corrected chi connectivity index (χ0v) is 9.98. The number of hydrogen-bond donors (Lipinski definition) is 1. The van der Waals surface area contributed by atoms with Crippen LogP contribution in [0.5, 0.6) is 0 Å². The molecule has 0 aliphatic heterocycles. The first-order valence-electron chi connectivity index (χ1n) is 4.34. The Kier molecular flexibility index (Phi) is 3.52. The van der Waals surface area contributed by atoms with Crippen LogP contribution >= 0.6 is 22.9 Å². The first-order chi connectivity index (χ1) is 6.84. The van der Waals surface area contributed by atoms with Crippen LogP contribution in [0, 0.1) is 5.41 Å². The highest BCUT2D eigenvalue weighted by Gasteiger charge is 2.31. The molecule has 0 fully saturated rings. The summed E-state index contributed by atoms with van der Waals surface area (Å²) in [4.78, 5) is 23.0. The number of carboxylic acids is 1. The van der Waals surface area contributed by atoms with Crippen LogP contribution in [0.2, 0.25) is 5.02 Å². The maximum atomic E-state index is 11.7. The summed E-state index contributed by atoms with van der Waals surface area (Å²) in [5.74, 6) is -1.20. The summed E-state index contributed by atoms with van der Waals surface area (Å²) in [6.07, 6.45) is -0.0391. The van der Waals surface area contributed by atoms with Gasteiger partial charge in [0.2, 0.25) is 0 Å². The van der Waals surface area contributed by atoms with E-state index in [-0.39, 0.29) is 12.2 Å². The van der Waals surface area contributed by atoms with Crippen molar-refractivity contribution in [2.45, 2.75) is 20.3 Å². The monoisotopic (exact) mass is 246 g/mol. The average molecular weight is 247 g/mol. The third-order valence-corrected chi connectivity index (χ3v) is 3.43. The molecule has 0 amide bonds. The first-order valence-corrected chi connectivity index (χ1v) is 5.60. The lowest BCUT2D eigenvalue weighted by atomic mass is 9.87. The molecule has 1 aromatic heterocycles. The fourth-order valence-corrected chi connectivity index (χ4v) is 2.15. The lowest BCUT2D eigenvalue weighted by Gasteiger charge is -2.17. The van der Waals surface area contributed by atoms with E-state index in [1.807, 2.05) is 0 Å². The highest BCUT2D eigenvalue weighted by Crippen LogP contribution is 2.28. The first kappa shape index (κ1) is 12.2. The van der Waals surface area contributed by atoms with Crippen LogP contribution in [0.3, 0.4) is 0 Å². The molecule has 0 atom stereocenters. The second-order valence-corrected chi connectivity index (χ2v) is 5.21. The minimum absolute atomic E-state index is 0.0391. The summed E-state index contributed by atoms with van der Waals surface area (Å²) >= 11 is 7.02. The van der Waals surface area contributed by atoms with Crippen LogP contribution in [-0.4, -0.2) is 16.9 Å². The van der Waals surface area contributed by atoms with E-state index in [2.05, 4.69) is 0 Å².